The van der Waals surface area contributed by atoms with Crippen molar-refractivity contribution in [2.24, 2.45) is 0 Å². The number of likely N-dealkylation sites (N-methyl/N-ethyl adjacent to an activating group) is 1. The van der Waals surface area contributed by atoms with Crippen molar-refractivity contribution in [2.75, 3.05) is 40.9 Å². The molecule has 0 aromatic heterocycles. The number of hydrogen-bond acceptors (Lipinski definition) is 7. The van der Waals surface area contributed by atoms with Gasteiger partial charge in [0.15, 0.2) is 0 Å². The number of rotatable bonds is 55. The maximum atomic E-state index is 13.5. The van der Waals surface area contributed by atoms with Crippen LogP contribution in [-0.2, 0) is 27.9 Å². The van der Waals surface area contributed by atoms with Gasteiger partial charge in [0, 0.05) is 12.8 Å². The Morgan fingerprint density at radius 3 is 1.23 bits per heavy atom. The second kappa shape index (κ2) is 51.0. The van der Waals surface area contributed by atoms with E-state index >= 15 is 0 Å². The van der Waals surface area contributed by atoms with E-state index in [-0.39, 0.29) is 31.5 Å². The number of phosphoric ester groups is 1. The van der Waals surface area contributed by atoms with Crippen molar-refractivity contribution in [1.29, 1.82) is 0 Å². The summed E-state index contributed by atoms with van der Waals surface area (Å²) in [6.07, 6.45) is 58.4. The predicted octanol–water partition coefficient (Wildman–Crippen LogP) is 17.5. The molecule has 9 nitrogen and oxygen atoms in total. The van der Waals surface area contributed by atoms with Crippen molar-refractivity contribution in [3.63, 3.8) is 0 Å². The third-order valence-electron chi connectivity index (χ3n) is 13.6. The number of esters is 1. The molecule has 1 N–H and O–H groups in total. The highest BCUT2D eigenvalue weighted by Gasteiger charge is 2.27. The van der Waals surface area contributed by atoms with Gasteiger partial charge >= 0.3 is 5.97 Å². The van der Waals surface area contributed by atoms with Crippen molar-refractivity contribution in [3.8, 4) is 0 Å². The van der Waals surface area contributed by atoms with E-state index in [4.69, 9.17) is 13.8 Å². The summed E-state index contributed by atoms with van der Waals surface area (Å²) < 4.78 is 30.3. The summed E-state index contributed by atoms with van der Waals surface area (Å²) in [6.45, 7) is 6.86. The quantitative estimate of drug-likeness (QED) is 0.0212. The Bertz CT molecular complexity index is 1250. The van der Waals surface area contributed by atoms with Crippen molar-refractivity contribution >= 4 is 19.7 Å². The number of unbranched alkanes of at least 4 members (excludes halogenated alkanes) is 37. The van der Waals surface area contributed by atoms with E-state index in [0.29, 0.717) is 17.4 Å². The standard InChI is InChI=1S/C60H117N2O7P/c1-7-10-13-16-19-22-25-28-30-32-34-37-40-43-46-49-52-59(63)61-57(56-68-70(65,66)67-55-54-62(4,5)6)58(51-48-45-42-39-36-33-27-24-21-18-15-12-9-3)69-60(64)53-50-47-44-41-38-35-31-29-26-23-20-17-14-11-8-2/h23,26,48,51,57-58H,7-22,24-25,27-47,49-50,52-56H2,1-6H3,(H-,61,63,65,66)/b26-23-,51-48+. The summed E-state index contributed by atoms with van der Waals surface area (Å²) in [7, 11) is 1.20. The van der Waals surface area contributed by atoms with E-state index in [2.05, 4.69) is 38.2 Å². The zero-order valence-electron chi connectivity index (χ0n) is 47.2. The van der Waals surface area contributed by atoms with Gasteiger partial charge in [-0.1, -0.05) is 251 Å². The average molecular weight is 1010 g/mol. The topological polar surface area (TPSA) is 114 Å². The summed E-state index contributed by atoms with van der Waals surface area (Å²) >= 11 is 0. The summed E-state index contributed by atoms with van der Waals surface area (Å²) in [5.41, 5.74) is 0. The Labute approximate surface area is 434 Å². The van der Waals surface area contributed by atoms with Crippen LogP contribution in [0, 0.1) is 0 Å². The van der Waals surface area contributed by atoms with Gasteiger partial charge in [-0.2, -0.15) is 0 Å². The zero-order chi connectivity index (χ0) is 51.5. The maximum absolute atomic E-state index is 13.5. The van der Waals surface area contributed by atoms with Gasteiger partial charge in [0.2, 0.25) is 5.91 Å². The molecule has 0 saturated carbocycles. The predicted molar refractivity (Wildman–Crippen MR) is 298 cm³/mol. The van der Waals surface area contributed by atoms with Crippen LogP contribution in [0.3, 0.4) is 0 Å². The fourth-order valence-electron chi connectivity index (χ4n) is 8.93. The maximum Gasteiger partial charge on any atom is 0.306 e. The highest BCUT2D eigenvalue weighted by Crippen LogP contribution is 2.38. The van der Waals surface area contributed by atoms with E-state index in [1.165, 1.54) is 193 Å². The summed E-state index contributed by atoms with van der Waals surface area (Å²) in [4.78, 5) is 39.9. The Morgan fingerprint density at radius 2 is 0.829 bits per heavy atom. The van der Waals surface area contributed by atoms with Crippen LogP contribution in [0.2, 0.25) is 0 Å². The fraction of sp³-hybridized carbons (Fsp3) is 0.900. The van der Waals surface area contributed by atoms with Crippen LogP contribution >= 0.6 is 7.82 Å². The summed E-state index contributed by atoms with van der Waals surface area (Å²) in [6, 6.07) is -0.883. The molecule has 10 heteroatoms. The van der Waals surface area contributed by atoms with E-state index in [9.17, 15) is 19.0 Å². The first-order valence-corrected chi connectivity index (χ1v) is 31.6. The molecule has 0 bridgehead atoms. The highest BCUT2D eigenvalue weighted by atomic mass is 31.2. The van der Waals surface area contributed by atoms with E-state index in [1.807, 2.05) is 33.3 Å². The van der Waals surface area contributed by atoms with Crippen LogP contribution in [-0.4, -0.2) is 69.4 Å². The molecule has 0 rings (SSSR count). The molecule has 0 aliphatic carbocycles. The highest BCUT2D eigenvalue weighted by molar-refractivity contribution is 7.45. The number of carbonyl (C=O) groups is 2. The number of ether oxygens (including phenoxy) is 1. The van der Waals surface area contributed by atoms with Crippen molar-refractivity contribution < 1.29 is 37.3 Å². The van der Waals surface area contributed by atoms with E-state index < -0.39 is 20.0 Å². The third kappa shape index (κ3) is 51.4. The first kappa shape index (κ1) is 68.5. The lowest BCUT2D eigenvalue weighted by atomic mass is 10.0. The number of quaternary nitrogens is 1. The van der Waals surface area contributed by atoms with Crippen LogP contribution in [0.5, 0.6) is 0 Å². The monoisotopic (exact) mass is 1010 g/mol. The molecule has 1 amide bonds. The number of carbonyl (C=O) groups excluding carboxylic acids is 2. The molecule has 0 aliphatic rings. The van der Waals surface area contributed by atoms with Gasteiger partial charge in [-0.3, -0.25) is 14.2 Å². The van der Waals surface area contributed by atoms with Gasteiger partial charge in [0.25, 0.3) is 7.82 Å². The number of amides is 1. The largest absolute Gasteiger partial charge is 0.756 e. The molecule has 414 valence electrons. The Balaban J connectivity index is 5.31. The second-order valence-corrected chi connectivity index (χ2v) is 23.3. The third-order valence-corrected chi connectivity index (χ3v) is 14.6. The number of nitrogens with one attached hydrogen (secondary N) is 1. The molecule has 3 atom stereocenters. The normalized spacial score (nSPS) is 13.9. The molecule has 0 fully saturated rings. The molecule has 0 spiro atoms. The lowest BCUT2D eigenvalue weighted by Gasteiger charge is -2.30. The van der Waals surface area contributed by atoms with Crippen LogP contribution in [0.1, 0.15) is 297 Å². The average Bonchev–Trinajstić information content (AvgIpc) is 3.32. The Hall–Kier alpha value is -1.51. The van der Waals surface area contributed by atoms with Crippen LogP contribution in [0.4, 0.5) is 0 Å². The molecule has 0 aromatic carbocycles. The number of allylic oxidation sites excluding steroid dienone is 3. The van der Waals surface area contributed by atoms with Crippen molar-refractivity contribution in [3.05, 3.63) is 24.3 Å². The van der Waals surface area contributed by atoms with Crippen molar-refractivity contribution in [1.82, 2.24) is 5.32 Å². The molecular formula is C60H117N2O7P. The molecule has 0 saturated heterocycles. The summed E-state index contributed by atoms with van der Waals surface area (Å²) in [5.74, 6) is -0.531. The van der Waals surface area contributed by atoms with Gasteiger partial charge in [-0.25, -0.2) is 0 Å². The molecule has 0 heterocycles. The minimum atomic E-state index is -4.69. The van der Waals surface area contributed by atoms with Crippen LogP contribution < -0.4 is 10.2 Å². The minimum Gasteiger partial charge on any atom is -0.756 e. The lowest BCUT2D eigenvalue weighted by molar-refractivity contribution is -0.870. The molecule has 0 aliphatic heterocycles. The number of phosphoric acid groups is 1. The molecule has 0 aromatic rings. The first-order chi connectivity index (χ1) is 33.9. The summed E-state index contributed by atoms with van der Waals surface area (Å²) in [5, 5.41) is 3.03. The van der Waals surface area contributed by atoms with Gasteiger partial charge in [-0.15, -0.1) is 0 Å². The van der Waals surface area contributed by atoms with Gasteiger partial charge in [-0.05, 0) is 57.4 Å². The molecular weight excluding hydrogens is 892 g/mol. The fourth-order valence-corrected chi connectivity index (χ4v) is 9.65. The SMILES string of the molecule is CCCCCC/C=C\CCCCCCCCCC(=O)OC(/C=C/CCCCCCCCCCCCC)C(COP(=O)([O-])OCC[N+](C)(C)C)NC(=O)CCCCCCCCCCCCCCCCCC. The van der Waals surface area contributed by atoms with E-state index in [0.717, 1.165) is 70.6 Å². The van der Waals surface area contributed by atoms with Gasteiger partial charge in [0.05, 0.1) is 33.8 Å². The first-order valence-electron chi connectivity index (χ1n) is 30.1. The van der Waals surface area contributed by atoms with Gasteiger partial charge in [0.1, 0.15) is 19.3 Å². The minimum absolute atomic E-state index is 0.0194. The van der Waals surface area contributed by atoms with E-state index in [1.54, 1.807) is 0 Å². The smallest absolute Gasteiger partial charge is 0.306 e. The molecule has 70 heavy (non-hydrogen) atoms. The van der Waals surface area contributed by atoms with Crippen LogP contribution in [0.25, 0.3) is 0 Å². The molecule has 0 radical (unpaired) electrons. The number of nitrogens with zero attached hydrogens (tertiary/aromatic N) is 1. The Kier molecular flexibility index (Phi) is 49.9. The zero-order valence-corrected chi connectivity index (χ0v) is 48.1. The number of hydrogen-bond donors (Lipinski definition) is 1. The van der Waals surface area contributed by atoms with Crippen LogP contribution in [0.15, 0.2) is 24.3 Å². The molecule has 3 unspecified atom stereocenters. The second-order valence-electron chi connectivity index (χ2n) is 21.9. The Morgan fingerprint density at radius 1 is 0.486 bits per heavy atom. The van der Waals surface area contributed by atoms with Gasteiger partial charge < -0.3 is 28.5 Å². The lowest BCUT2D eigenvalue weighted by Crippen LogP contribution is -2.47. The van der Waals surface area contributed by atoms with Crippen molar-refractivity contribution in [2.45, 2.75) is 309 Å².